The molecule has 1 unspecified atom stereocenters. The van der Waals surface area contributed by atoms with Crippen LogP contribution in [0.1, 0.15) is 37.4 Å². The van der Waals surface area contributed by atoms with Crippen molar-refractivity contribution >= 4 is 11.3 Å². The first kappa shape index (κ1) is 14.0. The van der Waals surface area contributed by atoms with Crippen LogP contribution in [0, 0.1) is 0 Å². The topological polar surface area (TPSA) is 34.2 Å². The first-order chi connectivity index (χ1) is 9.35. The van der Waals surface area contributed by atoms with Crippen LogP contribution in [0.4, 0.5) is 0 Å². The van der Waals surface area contributed by atoms with Crippen LogP contribution in [-0.2, 0) is 0 Å². The van der Waals surface area contributed by atoms with Crippen LogP contribution in [0.25, 0.3) is 0 Å². The number of hydrogen-bond acceptors (Lipinski definition) is 4. The molecule has 2 heterocycles. The zero-order chi connectivity index (χ0) is 13.5. The Morgan fingerprint density at radius 1 is 1.32 bits per heavy atom. The van der Waals surface area contributed by atoms with Crippen molar-refractivity contribution in [3.63, 3.8) is 0 Å². The molecule has 0 radical (unpaired) electrons. The molecule has 1 N–H and O–H groups in total. The summed E-state index contributed by atoms with van der Waals surface area (Å²) in [6.07, 6.45) is 4.78. The van der Waals surface area contributed by atoms with E-state index in [1.165, 1.54) is 5.56 Å². The molecule has 0 bridgehead atoms. The molecule has 3 nitrogen and oxygen atoms in total. The Kier molecular flexibility index (Phi) is 5.36. The van der Waals surface area contributed by atoms with Gasteiger partial charge >= 0.3 is 0 Å². The number of pyridine rings is 1. The van der Waals surface area contributed by atoms with Gasteiger partial charge in [0.25, 0.3) is 0 Å². The van der Waals surface area contributed by atoms with Gasteiger partial charge < -0.3 is 10.1 Å². The van der Waals surface area contributed by atoms with Crippen LogP contribution in [0.5, 0.6) is 5.75 Å². The highest BCUT2D eigenvalue weighted by atomic mass is 32.1. The Labute approximate surface area is 118 Å². The normalized spacial score (nSPS) is 12.3. The Bertz CT molecular complexity index is 485. The summed E-state index contributed by atoms with van der Waals surface area (Å²) in [5, 5.41) is 7.86. The lowest BCUT2D eigenvalue weighted by Crippen LogP contribution is -2.22. The molecule has 19 heavy (non-hydrogen) atoms. The summed E-state index contributed by atoms with van der Waals surface area (Å²) in [6.45, 7) is 5.81. The predicted octanol–water partition coefficient (Wildman–Crippen LogP) is 3.63. The minimum Gasteiger partial charge on any atom is -0.492 e. The van der Waals surface area contributed by atoms with Crippen LogP contribution in [0.2, 0.25) is 0 Å². The molecule has 0 amide bonds. The van der Waals surface area contributed by atoms with Gasteiger partial charge in [0.05, 0.1) is 18.8 Å². The molecule has 0 spiro atoms. The molecule has 1 atom stereocenters. The van der Waals surface area contributed by atoms with E-state index in [0.29, 0.717) is 6.61 Å². The summed E-state index contributed by atoms with van der Waals surface area (Å²) >= 11 is 1.72. The van der Waals surface area contributed by atoms with Gasteiger partial charge in [0, 0.05) is 6.20 Å². The van der Waals surface area contributed by atoms with Crippen molar-refractivity contribution in [2.75, 3.05) is 13.2 Å². The van der Waals surface area contributed by atoms with Crippen LogP contribution in [-0.4, -0.2) is 18.1 Å². The van der Waals surface area contributed by atoms with Crippen molar-refractivity contribution in [1.29, 1.82) is 0 Å². The van der Waals surface area contributed by atoms with Crippen LogP contribution < -0.4 is 10.1 Å². The Morgan fingerprint density at radius 3 is 2.89 bits per heavy atom. The van der Waals surface area contributed by atoms with Gasteiger partial charge in [-0.05, 0) is 53.9 Å². The third kappa shape index (κ3) is 3.78. The summed E-state index contributed by atoms with van der Waals surface area (Å²) in [6, 6.07) is 4.42. The van der Waals surface area contributed by atoms with E-state index in [1.54, 1.807) is 17.5 Å². The van der Waals surface area contributed by atoms with Crippen molar-refractivity contribution in [3.05, 3.63) is 46.4 Å². The van der Waals surface area contributed by atoms with Crippen molar-refractivity contribution < 1.29 is 4.74 Å². The highest BCUT2D eigenvalue weighted by Crippen LogP contribution is 2.26. The zero-order valence-corrected chi connectivity index (χ0v) is 12.2. The second kappa shape index (κ2) is 7.26. The molecule has 0 saturated carbocycles. The Morgan fingerprint density at radius 2 is 2.21 bits per heavy atom. The average molecular weight is 276 g/mol. The zero-order valence-electron chi connectivity index (χ0n) is 11.4. The van der Waals surface area contributed by atoms with Gasteiger partial charge in [-0.15, -0.1) is 0 Å². The van der Waals surface area contributed by atoms with E-state index in [0.717, 1.165) is 24.3 Å². The third-order valence-corrected chi connectivity index (χ3v) is 3.56. The first-order valence-corrected chi connectivity index (χ1v) is 7.62. The molecule has 4 heteroatoms. The average Bonchev–Trinajstić information content (AvgIpc) is 2.94. The van der Waals surface area contributed by atoms with Crippen molar-refractivity contribution in [2.24, 2.45) is 0 Å². The molecule has 2 aromatic heterocycles. The lowest BCUT2D eigenvalue weighted by Gasteiger charge is -2.18. The van der Waals surface area contributed by atoms with E-state index < -0.39 is 0 Å². The highest BCUT2D eigenvalue weighted by molar-refractivity contribution is 7.08. The summed E-state index contributed by atoms with van der Waals surface area (Å²) in [7, 11) is 0. The van der Waals surface area contributed by atoms with Crippen molar-refractivity contribution in [3.8, 4) is 5.75 Å². The second-order valence-electron chi connectivity index (χ2n) is 4.33. The highest BCUT2D eigenvalue weighted by Gasteiger charge is 2.14. The fourth-order valence-electron chi connectivity index (χ4n) is 2.00. The summed E-state index contributed by atoms with van der Waals surface area (Å²) in [5.41, 5.74) is 2.44. The van der Waals surface area contributed by atoms with Crippen LogP contribution in [0.3, 0.4) is 0 Å². The molecule has 0 fully saturated rings. The van der Waals surface area contributed by atoms with E-state index in [4.69, 9.17) is 4.74 Å². The number of hydrogen-bond donors (Lipinski definition) is 1. The van der Waals surface area contributed by atoms with Gasteiger partial charge in [-0.2, -0.15) is 11.3 Å². The Hall–Kier alpha value is -1.39. The first-order valence-electron chi connectivity index (χ1n) is 6.68. The molecule has 0 aliphatic heterocycles. The fraction of sp³-hybridized carbons (Fsp3) is 0.400. The van der Waals surface area contributed by atoms with E-state index in [1.807, 2.05) is 13.1 Å². The quantitative estimate of drug-likeness (QED) is 0.838. The second-order valence-corrected chi connectivity index (χ2v) is 5.11. The van der Waals surface area contributed by atoms with Crippen LogP contribution in [0.15, 0.2) is 35.3 Å². The van der Waals surface area contributed by atoms with E-state index in [2.05, 4.69) is 40.1 Å². The molecular formula is C15H20N2OS. The number of rotatable bonds is 7. The van der Waals surface area contributed by atoms with Gasteiger partial charge in [0.1, 0.15) is 5.75 Å². The minimum atomic E-state index is 0.194. The smallest absolute Gasteiger partial charge is 0.137 e. The van der Waals surface area contributed by atoms with E-state index >= 15 is 0 Å². The molecule has 0 aromatic carbocycles. The van der Waals surface area contributed by atoms with Gasteiger partial charge in [-0.3, -0.25) is 4.98 Å². The number of nitrogens with zero attached hydrogens (tertiary/aromatic N) is 1. The molecular weight excluding hydrogens is 256 g/mol. The minimum absolute atomic E-state index is 0.194. The molecule has 102 valence electrons. The summed E-state index contributed by atoms with van der Waals surface area (Å²) in [4.78, 5) is 4.28. The monoisotopic (exact) mass is 276 g/mol. The van der Waals surface area contributed by atoms with Gasteiger partial charge in [0.2, 0.25) is 0 Å². The maximum Gasteiger partial charge on any atom is 0.137 e. The lowest BCUT2D eigenvalue weighted by molar-refractivity contribution is 0.338. The molecule has 2 rings (SSSR count). The van der Waals surface area contributed by atoms with Crippen molar-refractivity contribution in [2.45, 2.75) is 26.3 Å². The summed E-state index contributed by atoms with van der Waals surface area (Å²) < 4.78 is 5.53. The molecule has 2 aromatic rings. The van der Waals surface area contributed by atoms with Gasteiger partial charge in [-0.1, -0.05) is 6.92 Å². The molecule has 0 saturated heterocycles. The number of nitrogens with one attached hydrogen (secondary N) is 1. The van der Waals surface area contributed by atoms with Crippen LogP contribution >= 0.6 is 11.3 Å². The fourth-order valence-corrected chi connectivity index (χ4v) is 2.68. The van der Waals surface area contributed by atoms with E-state index in [-0.39, 0.29) is 6.04 Å². The largest absolute Gasteiger partial charge is 0.492 e. The van der Waals surface area contributed by atoms with Crippen molar-refractivity contribution in [1.82, 2.24) is 10.3 Å². The number of aromatic nitrogens is 1. The number of ether oxygens (including phenoxy) is 1. The SMILES string of the molecule is CCCNC(c1ccsc1)c1cncc(OCC)c1. The maximum atomic E-state index is 5.53. The maximum absolute atomic E-state index is 5.53. The Balaban J connectivity index is 2.24. The third-order valence-electron chi connectivity index (χ3n) is 2.85. The molecule has 0 aliphatic rings. The molecule has 0 aliphatic carbocycles. The summed E-state index contributed by atoms with van der Waals surface area (Å²) in [5.74, 6) is 0.832. The lowest BCUT2D eigenvalue weighted by atomic mass is 10.0. The van der Waals surface area contributed by atoms with Gasteiger partial charge in [-0.25, -0.2) is 0 Å². The van der Waals surface area contributed by atoms with E-state index in [9.17, 15) is 0 Å². The van der Waals surface area contributed by atoms with Gasteiger partial charge in [0.15, 0.2) is 0 Å². The number of thiophene rings is 1. The standard InChI is InChI=1S/C15H20N2OS/c1-3-6-17-15(12-5-7-19-11-12)13-8-14(18-4-2)10-16-9-13/h5,7-11,15,17H,3-4,6H2,1-2H3. The predicted molar refractivity (Wildman–Crippen MR) is 79.9 cm³/mol.